The van der Waals surface area contributed by atoms with Crippen LogP contribution in [-0.2, 0) is 25.8 Å². The monoisotopic (exact) mass is 563 g/mol. The van der Waals surface area contributed by atoms with Gasteiger partial charge in [0.15, 0.2) is 0 Å². The van der Waals surface area contributed by atoms with Crippen LogP contribution in [0, 0.1) is 6.08 Å². The van der Waals surface area contributed by atoms with Crippen molar-refractivity contribution in [1.82, 2.24) is 0 Å². The Hall–Kier alpha value is 1.29. The van der Waals surface area contributed by atoms with Gasteiger partial charge in [-0.1, -0.05) is 31.0 Å². The van der Waals surface area contributed by atoms with Crippen molar-refractivity contribution in [2.24, 2.45) is 0 Å². The van der Waals surface area contributed by atoms with E-state index in [0.717, 1.165) is 0 Å². The Morgan fingerprint density at radius 3 is 2.38 bits per heavy atom. The second kappa shape index (κ2) is 7.56. The molecule has 0 N–H and O–H groups in total. The van der Waals surface area contributed by atoms with Gasteiger partial charge in [0.1, 0.15) is 0 Å². The van der Waals surface area contributed by atoms with Crippen LogP contribution in [0.3, 0.4) is 0 Å². The molecule has 1 atom stereocenters. The third-order valence-corrected chi connectivity index (χ3v) is 1.95. The van der Waals surface area contributed by atoms with Crippen molar-refractivity contribution in [1.29, 1.82) is 0 Å². The van der Waals surface area contributed by atoms with E-state index in [4.69, 9.17) is 0 Å². The first kappa shape index (κ1) is 16.7. The molecule has 0 radical (unpaired) electrons. The smallest absolute Gasteiger partial charge is 0 e. The molecule has 0 aliphatic heterocycles. The molecule has 0 spiro atoms. The first-order chi connectivity index (χ1) is 4.88. The first-order valence-corrected chi connectivity index (χ1v) is 3.56. The fourth-order valence-electron chi connectivity index (χ4n) is 1.34. The molecule has 1 aromatic carbocycles. The minimum absolute atomic E-state index is 0. The van der Waals surface area contributed by atoms with Crippen molar-refractivity contribution < 1.29 is 73.8 Å². The van der Waals surface area contributed by atoms with Crippen LogP contribution in [0.4, 0.5) is 0 Å². The minimum Gasteiger partial charge on any atom is -1.00 e. The normalized spacial score (nSPS) is 16.2. The first-order valence-electron chi connectivity index (χ1n) is 3.56. The number of hydrogen-bond donors (Lipinski definition) is 0. The third kappa shape index (κ3) is 3.74. The van der Waals surface area contributed by atoms with E-state index in [1.807, 2.05) is 0 Å². The quantitative estimate of drug-likeness (QED) is 0.176. The fourth-order valence-corrected chi connectivity index (χ4v) is 1.34. The van der Waals surface area contributed by atoms with Crippen molar-refractivity contribution in [2.45, 2.75) is 12.8 Å². The standard InChI is InChI=1S/C10H9.Hf.2HI/c1-8-6-7-9-4-2-3-5-10(8)9;;;/h2-5,7-8H,1H3;;2*1H/q-1;;;/p-2. The maximum absolute atomic E-state index is 3.26. The van der Waals surface area contributed by atoms with Gasteiger partial charge in [0.05, 0.1) is 0 Å². The molecule has 1 aromatic rings. The van der Waals surface area contributed by atoms with Crippen molar-refractivity contribution in [3.63, 3.8) is 0 Å². The summed E-state index contributed by atoms with van der Waals surface area (Å²) in [6, 6.07) is 8.44. The predicted molar refractivity (Wildman–Crippen MR) is 42.6 cm³/mol. The number of fused-ring (bicyclic) bond motifs is 1. The molecule has 0 nitrogen and oxygen atoms in total. The molecular weight excluding hydrogens is 552 g/mol. The Morgan fingerprint density at radius 1 is 1.15 bits per heavy atom. The molecule has 0 aromatic heterocycles. The summed E-state index contributed by atoms with van der Waals surface area (Å²) in [6.07, 6.45) is 5.33. The van der Waals surface area contributed by atoms with Gasteiger partial charge in [-0.15, -0.1) is 11.6 Å². The van der Waals surface area contributed by atoms with Gasteiger partial charge in [-0.3, -0.25) is 6.08 Å². The van der Waals surface area contributed by atoms with Crippen LogP contribution in [0.5, 0.6) is 0 Å². The summed E-state index contributed by atoms with van der Waals surface area (Å²) >= 11 is 0. The summed E-state index contributed by atoms with van der Waals surface area (Å²) < 4.78 is 0. The maximum atomic E-state index is 3.26. The van der Waals surface area contributed by atoms with E-state index < -0.39 is 0 Å². The molecule has 1 unspecified atom stereocenters. The largest absolute Gasteiger partial charge is 1.00 e. The number of hydrogen-bond acceptors (Lipinski definition) is 0. The molecule has 0 bridgehead atoms. The van der Waals surface area contributed by atoms with Crippen LogP contribution in [-0.4, -0.2) is 0 Å². The molecule has 2 rings (SSSR count). The van der Waals surface area contributed by atoms with Gasteiger partial charge >= 0.3 is 0 Å². The van der Waals surface area contributed by atoms with Crippen molar-refractivity contribution >= 4 is 6.08 Å². The Balaban J connectivity index is 0. The fraction of sp³-hybridized carbons (Fsp3) is 0.200. The van der Waals surface area contributed by atoms with Crippen LogP contribution in [0.1, 0.15) is 24.0 Å². The number of halogens is 2. The molecule has 0 amide bonds. The zero-order valence-electron chi connectivity index (χ0n) is 7.22. The van der Waals surface area contributed by atoms with Crippen LogP contribution >= 0.6 is 0 Å². The van der Waals surface area contributed by atoms with Crippen LogP contribution in [0.25, 0.3) is 6.08 Å². The summed E-state index contributed by atoms with van der Waals surface area (Å²) in [4.78, 5) is 0. The molecule has 13 heavy (non-hydrogen) atoms. The van der Waals surface area contributed by atoms with Crippen LogP contribution in [0.2, 0.25) is 0 Å². The summed E-state index contributed by atoms with van der Waals surface area (Å²) in [7, 11) is 0. The van der Waals surface area contributed by atoms with Gasteiger partial charge < -0.3 is 48.0 Å². The molecule has 70 valence electrons. The van der Waals surface area contributed by atoms with Gasteiger partial charge in [-0.05, 0) is 0 Å². The molecule has 0 heterocycles. The average molecular weight is 561 g/mol. The minimum atomic E-state index is 0. The van der Waals surface area contributed by atoms with Crippen molar-refractivity contribution in [3.8, 4) is 0 Å². The van der Waals surface area contributed by atoms with E-state index in [2.05, 4.69) is 43.3 Å². The molecule has 0 saturated carbocycles. The van der Waals surface area contributed by atoms with Crippen LogP contribution in [0.15, 0.2) is 24.3 Å². The Bertz CT molecular complexity index is 284. The van der Waals surface area contributed by atoms with Crippen LogP contribution < -0.4 is 48.0 Å². The Kier molecular flexibility index (Phi) is 9.72. The van der Waals surface area contributed by atoms with Gasteiger partial charge in [-0.2, -0.15) is 5.56 Å². The molecule has 0 saturated heterocycles. The van der Waals surface area contributed by atoms with Crippen molar-refractivity contribution in [3.05, 3.63) is 41.5 Å². The molecule has 0 fully saturated rings. The van der Waals surface area contributed by atoms with Gasteiger partial charge in [0.2, 0.25) is 0 Å². The second-order valence-electron chi connectivity index (χ2n) is 2.66. The number of rotatable bonds is 0. The average Bonchev–Trinajstić information content (AvgIpc) is 2.34. The molecule has 3 heteroatoms. The van der Waals surface area contributed by atoms with Gasteiger partial charge in [0.25, 0.3) is 0 Å². The Morgan fingerprint density at radius 2 is 1.77 bits per heavy atom. The van der Waals surface area contributed by atoms with E-state index in [0.29, 0.717) is 5.92 Å². The Labute approximate surface area is 132 Å². The SMILES string of the molecule is CC1[C-]=Cc2ccccc21.[Hf].[I-].[I-]. The second-order valence-corrected chi connectivity index (χ2v) is 2.66. The van der Waals surface area contributed by atoms with E-state index >= 15 is 0 Å². The van der Waals surface area contributed by atoms with Gasteiger partial charge in [0, 0.05) is 25.8 Å². The summed E-state index contributed by atoms with van der Waals surface area (Å²) in [5.41, 5.74) is 2.73. The van der Waals surface area contributed by atoms with E-state index in [1.54, 1.807) is 0 Å². The third-order valence-electron chi connectivity index (χ3n) is 1.95. The molecule has 1 aliphatic carbocycles. The van der Waals surface area contributed by atoms with E-state index in [-0.39, 0.29) is 73.8 Å². The molecule has 1 aliphatic rings. The molecular formula is C10H9HfI2-3. The summed E-state index contributed by atoms with van der Waals surface area (Å²) in [5.74, 6) is 0.496. The van der Waals surface area contributed by atoms with Crippen molar-refractivity contribution in [2.75, 3.05) is 0 Å². The summed E-state index contributed by atoms with van der Waals surface area (Å²) in [5, 5.41) is 0. The number of benzene rings is 1. The zero-order valence-corrected chi connectivity index (χ0v) is 15.1. The topological polar surface area (TPSA) is 0 Å². The van der Waals surface area contributed by atoms with E-state index in [1.165, 1.54) is 11.1 Å². The van der Waals surface area contributed by atoms with E-state index in [9.17, 15) is 0 Å². The zero-order chi connectivity index (χ0) is 6.97. The maximum Gasteiger partial charge on any atom is 0 e. The summed E-state index contributed by atoms with van der Waals surface area (Å²) in [6.45, 7) is 2.17. The van der Waals surface area contributed by atoms with Gasteiger partial charge in [-0.25, -0.2) is 6.08 Å². The predicted octanol–water partition coefficient (Wildman–Crippen LogP) is -3.37. The number of allylic oxidation sites excluding steroid dienone is 1.